The fourth-order valence-electron chi connectivity index (χ4n) is 2.43. The molecule has 3 aromatic rings. The van der Waals surface area contributed by atoms with E-state index in [1.54, 1.807) is 18.2 Å². The lowest BCUT2D eigenvalue weighted by molar-refractivity contribution is 0.102. The predicted octanol–water partition coefficient (Wildman–Crippen LogP) is 3.85. The van der Waals surface area contributed by atoms with Gasteiger partial charge in [0, 0.05) is 17.7 Å². The van der Waals surface area contributed by atoms with Gasteiger partial charge >= 0.3 is 0 Å². The molecule has 7 nitrogen and oxygen atoms in total. The quantitative estimate of drug-likeness (QED) is 0.609. The van der Waals surface area contributed by atoms with Crippen molar-refractivity contribution in [2.45, 2.75) is 31.6 Å². The van der Waals surface area contributed by atoms with Crippen LogP contribution in [0.15, 0.2) is 53.4 Å². The molecule has 0 aliphatic rings. The van der Waals surface area contributed by atoms with E-state index in [1.165, 1.54) is 29.5 Å². The van der Waals surface area contributed by atoms with Crippen LogP contribution in [0.5, 0.6) is 0 Å². The highest BCUT2D eigenvalue weighted by Gasteiger charge is 2.17. The van der Waals surface area contributed by atoms with E-state index < -0.39 is 15.9 Å². The molecule has 1 heterocycles. The summed E-state index contributed by atoms with van der Waals surface area (Å²) in [5.41, 5.74) is 1.71. The molecule has 1 amide bonds. The fourth-order valence-corrected chi connectivity index (χ4v) is 4.37. The molecular formula is C19H20N4O3S2. The van der Waals surface area contributed by atoms with E-state index in [0.29, 0.717) is 10.8 Å². The maximum absolute atomic E-state index is 12.6. The Hall–Kier alpha value is -2.78. The van der Waals surface area contributed by atoms with Crippen molar-refractivity contribution in [1.29, 1.82) is 0 Å². The third kappa shape index (κ3) is 4.93. The Morgan fingerprint density at radius 3 is 2.57 bits per heavy atom. The van der Waals surface area contributed by atoms with E-state index in [0.717, 1.165) is 23.4 Å². The second-order valence-corrected chi connectivity index (χ2v) is 8.95. The third-order valence-electron chi connectivity index (χ3n) is 3.86. The number of aromatic nitrogens is 2. The normalized spacial score (nSPS) is 11.2. The lowest BCUT2D eigenvalue weighted by Crippen LogP contribution is -2.16. The molecule has 9 heteroatoms. The summed E-state index contributed by atoms with van der Waals surface area (Å²) >= 11 is 1.31. The lowest BCUT2D eigenvalue weighted by Gasteiger charge is -2.09. The summed E-state index contributed by atoms with van der Waals surface area (Å²) in [5.74, 6) is -0.438. The van der Waals surface area contributed by atoms with Gasteiger partial charge in [-0.05, 0) is 43.7 Å². The Morgan fingerprint density at radius 1 is 1.11 bits per heavy atom. The smallest absolute Gasteiger partial charge is 0.261 e. The van der Waals surface area contributed by atoms with Crippen molar-refractivity contribution in [3.63, 3.8) is 0 Å². The van der Waals surface area contributed by atoms with E-state index >= 15 is 0 Å². The summed E-state index contributed by atoms with van der Waals surface area (Å²) in [6.07, 6.45) is 1.74. The number of hydrogen-bond acceptors (Lipinski definition) is 6. The third-order valence-corrected chi connectivity index (χ3v) is 6.14. The van der Waals surface area contributed by atoms with Gasteiger partial charge in [0.15, 0.2) is 0 Å². The maximum Gasteiger partial charge on any atom is 0.261 e. The zero-order valence-electron chi connectivity index (χ0n) is 15.5. The summed E-state index contributed by atoms with van der Waals surface area (Å²) in [5, 5.41) is 11.8. The Morgan fingerprint density at radius 2 is 1.86 bits per heavy atom. The van der Waals surface area contributed by atoms with E-state index in [4.69, 9.17) is 0 Å². The number of rotatable bonds is 7. The van der Waals surface area contributed by atoms with Gasteiger partial charge in [0.05, 0.1) is 4.90 Å². The highest BCUT2D eigenvalue weighted by molar-refractivity contribution is 7.92. The molecule has 1 aromatic heterocycles. The van der Waals surface area contributed by atoms with Gasteiger partial charge in [-0.3, -0.25) is 14.8 Å². The summed E-state index contributed by atoms with van der Waals surface area (Å²) < 4.78 is 27.8. The molecular weight excluding hydrogens is 396 g/mol. The average Bonchev–Trinajstić information content (AvgIpc) is 3.11. The van der Waals surface area contributed by atoms with Crippen LogP contribution < -0.4 is 10.0 Å². The molecule has 146 valence electrons. The average molecular weight is 417 g/mol. The number of anilines is 2. The van der Waals surface area contributed by atoms with Crippen molar-refractivity contribution in [3.8, 4) is 0 Å². The van der Waals surface area contributed by atoms with Gasteiger partial charge in [-0.25, -0.2) is 8.42 Å². The SMILES string of the molecule is CCCc1nnc(NC(=O)c2cccc(S(=O)(=O)Nc3ccc(C)cc3)c2)s1. The molecule has 0 atom stereocenters. The first-order chi connectivity index (χ1) is 13.4. The number of aryl methyl sites for hydroxylation is 2. The molecule has 0 saturated carbocycles. The minimum atomic E-state index is -3.81. The summed E-state index contributed by atoms with van der Waals surface area (Å²) in [4.78, 5) is 12.5. The molecule has 3 rings (SSSR count). The Kier molecular flexibility index (Phi) is 6.05. The maximum atomic E-state index is 12.6. The topological polar surface area (TPSA) is 101 Å². The van der Waals surface area contributed by atoms with Gasteiger partial charge in [0.1, 0.15) is 5.01 Å². The van der Waals surface area contributed by atoms with Crippen LogP contribution in [0, 0.1) is 6.92 Å². The number of nitrogens with zero attached hydrogens (tertiary/aromatic N) is 2. The van der Waals surface area contributed by atoms with E-state index in [2.05, 4.69) is 20.2 Å². The molecule has 0 radical (unpaired) electrons. The minimum absolute atomic E-state index is 0.00432. The minimum Gasteiger partial charge on any atom is -0.296 e. The van der Waals surface area contributed by atoms with Gasteiger partial charge in [0.25, 0.3) is 15.9 Å². The van der Waals surface area contributed by atoms with Crippen LogP contribution in [0.25, 0.3) is 0 Å². The van der Waals surface area contributed by atoms with Crippen molar-refractivity contribution in [3.05, 3.63) is 64.7 Å². The van der Waals surface area contributed by atoms with Crippen molar-refractivity contribution in [2.24, 2.45) is 0 Å². The van der Waals surface area contributed by atoms with Crippen LogP contribution in [0.1, 0.15) is 34.3 Å². The van der Waals surface area contributed by atoms with Crippen LogP contribution in [-0.4, -0.2) is 24.5 Å². The van der Waals surface area contributed by atoms with Crippen LogP contribution >= 0.6 is 11.3 Å². The molecule has 0 aliphatic heterocycles. The van der Waals surface area contributed by atoms with Crippen molar-refractivity contribution >= 4 is 38.1 Å². The highest BCUT2D eigenvalue weighted by Crippen LogP contribution is 2.20. The van der Waals surface area contributed by atoms with Gasteiger partial charge < -0.3 is 0 Å². The first kappa shape index (κ1) is 20.0. The monoisotopic (exact) mass is 416 g/mol. The van der Waals surface area contributed by atoms with Gasteiger partial charge in [-0.2, -0.15) is 0 Å². The van der Waals surface area contributed by atoms with Gasteiger partial charge in [-0.15, -0.1) is 10.2 Å². The number of benzene rings is 2. The van der Waals surface area contributed by atoms with E-state index in [9.17, 15) is 13.2 Å². The van der Waals surface area contributed by atoms with Crippen molar-refractivity contribution < 1.29 is 13.2 Å². The Bertz CT molecular complexity index is 1080. The molecule has 0 bridgehead atoms. The highest BCUT2D eigenvalue weighted by atomic mass is 32.2. The van der Waals surface area contributed by atoms with Gasteiger partial charge in [0.2, 0.25) is 5.13 Å². The molecule has 2 aromatic carbocycles. The number of nitrogens with one attached hydrogen (secondary N) is 2. The zero-order valence-corrected chi connectivity index (χ0v) is 17.1. The molecule has 2 N–H and O–H groups in total. The van der Waals surface area contributed by atoms with Crippen LogP contribution in [-0.2, 0) is 16.4 Å². The molecule has 0 aliphatic carbocycles. The second kappa shape index (κ2) is 8.49. The van der Waals surface area contributed by atoms with Crippen LogP contribution in [0.4, 0.5) is 10.8 Å². The summed E-state index contributed by atoms with van der Waals surface area (Å²) in [6, 6.07) is 12.9. The molecule has 0 spiro atoms. The standard InChI is InChI=1S/C19H20N4O3S2/c1-3-5-17-21-22-19(27-17)20-18(24)14-6-4-7-16(12-14)28(25,26)23-15-10-8-13(2)9-11-15/h4,6-12,23H,3,5H2,1-2H3,(H,20,22,24). The first-order valence-electron chi connectivity index (χ1n) is 8.70. The number of amides is 1. The number of carbonyl (C=O) groups excluding carboxylic acids is 1. The Balaban J connectivity index is 1.76. The molecule has 0 unspecified atom stereocenters. The van der Waals surface area contributed by atoms with Crippen molar-refractivity contribution in [1.82, 2.24) is 10.2 Å². The van der Waals surface area contributed by atoms with E-state index in [-0.39, 0.29) is 10.5 Å². The van der Waals surface area contributed by atoms with Gasteiger partial charge in [-0.1, -0.05) is 42.0 Å². The first-order valence-corrected chi connectivity index (χ1v) is 11.0. The fraction of sp³-hybridized carbons (Fsp3) is 0.211. The predicted molar refractivity (Wildman–Crippen MR) is 110 cm³/mol. The molecule has 0 saturated heterocycles. The molecule has 28 heavy (non-hydrogen) atoms. The second-order valence-electron chi connectivity index (χ2n) is 6.20. The largest absolute Gasteiger partial charge is 0.296 e. The van der Waals surface area contributed by atoms with E-state index in [1.807, 2.05) is 26.0 Å². The van der Waals surface area contributed by atoms with Crippen LogP contribution in [0.2, 0.25) is 0 Å². The zero-order chi connectivity index (χ0) is 20.1. The number of hydrogen-bond donors (Lipinski definition) is 2. The lowest BCUT2D eigenvalue weighted by atomic mass is 10.2. The number of carbonyl (C=O) groups is 1. The number of sulfonamides is 1. The molecule has 0 fully saturated rings. The van der Waals surface area contributed by atoms with Crippen LogP contribution in [0.3, 0.4) is 0 Å². The van der Waals surface area contributed by atoms with Crippen molar-refractivity contribution in [2.75, 3.05) is 10.0 Å². The summed E-state index contributed by atoms with van der Waals surface area (Å²) in [6.45, 7) is 3.96. The summed E-state index contributed by atoms with van der Waals surface area (Å²) in [7, 11) is -3.81. The Labute approximate surface area is 167 Å².